The summed E-state index contributed by atoms with van der Waals surface area (Å²) in [5.41, 5.74) is 2.44. The Bertz CT molecular complexity index is 949. The van der Waals surface area contributed by atoms with Gasteiger partial charge in [-0.3, -0.25) is 9.47 Å². The Morgan fingerprint density at radius 2 is 1.69 bits per heavy atom. The van der Waals surface area contributed by atoms with Crippen molar-refractivity contribution < 1.29 is 9.18 Å². The summed E-state index contributed by atoms with van der Waals surface area (Å²) in [5, 5.41) is 2.18. The Kier molecular flexibility index (Phi) is 5.35. The van der Waals surface area contributed by atoms with Crippen molar-refractivity contribution in [3.05, 3.63) is 93.0 Å². The van der Waals surface area contributed by atoms with Gasteiger partial charge in [0, 0.05) is 22.0 Å². The number of aryl methyl sites for hydroxylation is 2. The first kappa shape index (κ1) is 18.5. The molecule has 0 fully saturated rings. The highest BCUT2D eigenvalue weighted by atomic mass is 35.5. The molecule has 3 aromatic rings. The summed E-state index contributed by atoms with van der Waals surface area (Å²) < 4.78 is 16.0. The summed E-state index contributed by atoms with van der Waals surface area (Å²) in [4.78, 5) is 13.3. The molecule has 0 bridgehead atoms. The Morgan fingerprint density at radius 3 is 2.31 bits per heavy atom. The van der Waals surface area contributed by atoms with E-state index in [1.165, 1.54) is 17.1 Å². The molecule has 1 aromatic heterocycles. The van der Waals surface area contributed by atoms with Crippen LogP contribution in [0.3, 0.4) is 0 Å². The van der Waals surface area contributed by atoms with Crippen LogP contribution in [-0.2, 0) is 6.54 Å². The van der Waals surface area contributed by atoms with Gasteiger partial charge < -0.3 is 0 Å². The molecule has 134 valence electrons. The van der Waals surface area contributed by atoms with E-state index in [0.29, 0.717) is 16.1 Å². The maximum Gasteiger partial charge on any atom is 0.274 e. The smallest absolute Gasteiger partial charge is 0.267 e. The van der Waals surface area contributed by atoms with Gasteiger partial charge in [-0.05, 0) is 50.2 Å². The molecule has 1 heterocycles. The molecule has 0 spiro atoms. The molecule has 0 unspecified atom stereocenters. The molecule has 6 heteroatoms. The summed E-state index contributed by atoms with van der Waals surface area (Å²) in [5.74, 6) is -0.702. The normalized spacial score (nSPS) is 10.8. The molecule has 0 saturated heterocycles. The van der Waals surface area contributed by atoms with E-state index >= 15 is 0 Å². The fourth-order valence-electron chi connectivity index (χ4n) is 2.86. The molecule has 3 rings (SSSR count). The van der Waals surface area contributed by atoms with Gasteiger partial charge in [-0.25, -0.2) is 9.40 Å². The third kappa shape index (κ3) is 3.62. The van der Waals surface area contributed by atoms with Crippen LogP contribution in [0.25, 0.3) is 0 Å². The quantitative estimate of drug-likeness (QED) is 0.574. The highest BCUT2D eigenvalue weighted by molar-refractivity contribution is 6.37. The Labute approximate surface area is 161 Å². The van der Waals surface area contributed by atoms with Crippen LogP contribution < -0.4 is 5.01 Å². The van der Waals surface area contributed by atoms with Crippen molar-refractivity contribution in [3.63, 3.8) is 0 Å². The monoisotopic (exact) mass is 390 g/mol. The van der Waals surface area contributed by atoms with Crippen molar-refractivity contribution in [2.75, 3.05) is 5.01 Å². The minimum absolute atomic E-state index is 0.0703. The van der Waals surface area contributed by atoms with Gasteiger partial charge in [0.15, 0.2) is 0 Å². The first-order valence-electron chi connectivity index (χ1n) is 8.04. The van der Waals surface area contributed by atoms with Gasteiger partial charge >= 0.3 is 0 Å². The van der Waals surface area contributed by atoms with Gasteiger partial charge in [-0.1, -0.05) is 41.4 Å². The van der Waals surface area contributed by atoms with E-state index in [-0.39, 0.29) is 23.3 Å². The minimum Gasteiger partial charge on any atom is -0.267 e. The summed E-state index contributed by atoms with van der Waals surface area (Å²) in [6.45, 7) is 3.84. The van der Waals surface area contributed by atoms with Crippen LogP contribution in [0.5, 0.6) is 0 Å². The van der Waals surface area contributed by atoms with E-state index < -0.39 is 0 Å². The lowest BCUT2D eigenvalue weighted by Gasteiger charge is -2.28. The fraction of sp³-hybridized carbons (Fsp3) is 0.150. The van der Waals surface area contributed by atoms with Crippen LogP contribution in [-0.4, -0.2) is 10.6 Å². The fourth-order valence-corrected chi connectivity index (χ4v) is 3.35. The molecule has 0 N–H and O–H groups in total. The van der Waals surface area contributed by atoms with Crippen LogP contribution in [0.1, 0.15) is 27.3 Å². The second-order valence-corrected chi connectivity index (χ2v) is 6.85. The van der Waals surface area contributed by atoms with Crippen molar-refractivity contribution in [2.45, 2.75) is 20.4 Å². The van der Waals surface area contributed by atoms with Gasteiger partial charge in [-0.15, -0.1) is 0 Å². The van der Waals surface area contributed by atoms with Crippen LogP contribution in [0.15, 0.2) is 54.6 Å². The molecule has 0 atom stereocenters. The van der Waals surface area contributed by atoms with E-state index in [9.17, 15) is 9.18 Å². The molecular formula is C20H17Cl2FN2O. The number of amides is 1. The van der Waals surface area contributed by atoms with Crippen LogP contribution >= 0.6 is 23.2 Å². The van der Waals surface area contributed by atoms with E-state index in [1.54, 1.807) is 35.0 Å². The van der Waals surface area contributed by atoms with E-state index in [0.717, 1.165) is 11.4 Å². The van der Waals surface area contributed by atoms with Crippen molar-refractivity contribution in [1.82, 2.24) is 4.68 Å². The number of hydrogen-bond donors (Lipinski definition) is 0. The summed E-state index contributed by atoms with van der Waals surface area (Å²) in [7, 11) is 0. The largest absolute Gasteiger partial charge is 0.274 e. The number of aromatic nitrogens is 1. The number of benzene rings is 2. The van der Waals surface area contributed by atoms with E-state index in [1.807, 2.05) is 26.0 Å². The van der Waals surface area contributed by atoms with Gasteiger partial charge in [-0.2, -0.15) is 0 Å². The summed E-state index contributed by atoms with van der Waals surface area (Å²) >= 11 is 12.2. The highest BCUT2D eigenvalue weighted by Crippen LogP contribution is 2.24. The molecule has 0 aliphatic rings. The van der Waals surface area contributed by atoms with Gasteiger partial charge in [0.25, 0.3) is 5.91 Å². The predicted octanol–water partition coefficient (Wildman–Crippen LogP) is 5.53. The zero-order valence-corrected chi connectivity index (χ0v) is 15.9. The average Bonchev–Trinajstić information content (AvgIpc) is 2.92. The van der Waals surface area contributed by atoms with Crippen molar-refractivity contribution in [1.29, 1.82) is 0 Å². The number of carbonyl (C=O) groups is 1. The molecule has 2 aromatic carbocycles. The average molecular weight is 391 g/mol. The van der Waals surface area contributed by atoms with Crippen molar-refractivity contribution in [2.24, 2.45) is 0 Å². The third-order valence-corrected chi connectivity index (χ3v) is 4.70. The van der Waals surface area contributed by atoms with Crippen LogP contribution in [0, 0.1) is 19.7 Å². The van der Waals surface area contributed by atoms with Gasteiger partial charge in [0.1, 0.15) is 5.82 Å². The lowest BCUT2D eigenvalue weighted by molar-refractivity contribution is 0.0954. The number of nitrogens with zero attached hydrogens (tertiary/aromatic N) is 2. The Morgan fingerprint density at radius 1 is 1.04 bits per heavy atom. The first-order valence-corrected chi connectivity index (χ1v) is 8.79. The second kappa shape index (κ2) is 7.52. The highest BCUT2D eigenvalue weighted by Gasteiger charge is 2.23. The molecule has 0 aliphatic heterocycles. The van der Waals surface area contributed by atoms with Crippen molar-refractivity contribution in [3.8, 4) is 0 Å². The van der Waals surface area contributed by atoms with Gasteiger partial charge in [0.05, 0.1) is 17.1 Å². The zero-order valence-electron chi connectivity index (χ0n) is 14.3. The molecule has 3 nitrogen and oxygen atoms in total. The second-order valence-electron chi connectivity index (χ2n) is 6.01. The molecular weight excluding hydrogens is 374 g/mol. The maximum atomic E-state index is 14.2. The standard InChI is InChI=1S/C20H17Cl2FN2O/c1-13-7-8-14(2)25(13)24(12-15-5-3-4-6-19(15)23)20(26)17-10-9-16(21)11-18(17)22/h3-11H,12H2,1-2H3. The number of rotatable bonds is 4. The minimum atomic E-state index is -0.366. The van der Waals surface area contributed by atoms with E-state index in [4.69, 9.17) is 23.2 Å². The van der Waals surface area contributed by atoms with Crippen LogP contribution in [0.4, 0.5) is 4.39 Å². The Balaban J connectivity index is 2.08. The summed E-state index contributed by atoms with van der Waals surface area (Å²) in [6.07, 6.45) is 0. The molecule has 0 saturated carbocycles. The SMILES string of the molecule is Cc1ccc(C)n1N(Cc1ccccc1F)C(=O)c1ccc(Cl)cc1Cl. The number of carbonyl (C=O) groups excluding carboxylic acids is 1. The molecule has 0 radical (unpaired) electrons. The van der Waals surface area contributed by atoms with E-state index in [2.05, 4.69) is 0 Å². The number of hydrogen-bond acceptors (Lipinski definition) is 1. The molecule has 1 amide bonds. The summed E-state index contributed by atoms with van der Waals surface area (Å²) in [6, 6.07) is 14.9. The topological polar surface area (TPSA) is 25.2 Å². The number of halogens is 3. The lowest BCUT2D eigenvalue weighted by atomic mass is 10.1. The predicted molar refractivity (Wildman–Crippen MR) is 103 cm³/mol. The van der Waals surface area contributed by atoms with Gasteiger partial charge in [0.2, 0.25) is 0 Å². The zero-order chi connectivity index (χ0) is 18.8. The van der Waals surface area contributed by atoms with Crippen LogP contribution in [0.2, 0.25) is 10.0 Å². The molecule has 26 heavy (non-hydrogen) atoms. The molecule has 0 aliphatic carbocycles. The Hall–Kier alpha value is -2.30. The lowest BCUT2D eigenvalue weighted by Crippen LogP contribution is -2.41. The third-order valence-electron chi connectivity index (χ3n) is 4.15. The maximum absolute atomic E-state index is 14.2. The van der Waals surface area contributed by atoms with Crippen molar-refractivity contribution >= 4 is 29.1 Å². The first-order chi connectivity index (χ1) is 12.4.